The van der Waals surface area contributed by atoms with Gasteiger partial charge in [-0.15, -0.1) is 0 Å². The molecule has 1 aliphatic heterocycles. The Balaban J connectivity index is 1.53. The van der Waals surface area contributed by atoms with E-state index < -0.39 is 17.4 Å². The van der Waals surface area contributed by atoms with E-state index in [9.17, 15) is 9.59 Å². The van der Waals surface area contributed by atoms with Crippen molar-refractivity contribution in [1.82, 2.24) is 9.78 Å². The van der Waals surface area contributed by atoms with Crippen molar-refractivity contribution in [3.05, 3.63) is 65.4 Å². The Labute approximate surface area is 166 Å². The molecule has 142 valence electrons. The van der Waals surface area contributed by atoms with Crippen LogP contribution in [0.3, 0.4) is 0 Å². The average Bonchev–Trinajstić information content (AvgIpc) is 3.10. The Bertz CT molecular complexity index is 1080. The van der Waals surface area contributed by atoms with E-state index in [-0.39, 0.29) is 0 Å². The molecule has 0 bridgehead atoms. The maximum Gasteiger partial charge on any atom is 0.278 e. The van der Waals surface area contributed by atoms with Crippen LogP contribution in [0.1, 0.15) is 12.6 Å². The predicted octanol–water partition coefficient (Wildman–Crippen LogP) is 3.56. The fourth-order valence-electron chi connectivity index (χ4n) is 2.85. The zero-order valence-electron chi connectivity index (χ0n) is 15.2. The number of anilines is 2. The number of nitrogens with zero attached hydrogens (tertiary/aromatic N) is 2. The number of amides is 2. The molecule has 4 rings (SSSR count). The summed E-state index contributed by atoms with van der Waals surface area (Å²) in [5.74, 6) is -0.761. The van der Waals surface area contributed by atoms with E-state index in [2.05, 4.69) is 15.7 Å². The molecule has 0 saturated heterocycles. The summed E-state index contributed by atoms with van der Waals surface area (Å²) in [6, 6.07) is 13.8. The molecule has 1 unspecified atom stereocenters. The van der Waals surface area contributed by atoms with E-state index >= 15 is 0 Å². The van der Waals surface area contributed by atoms with Crippen molar-refractivity contribution in [2.24, 2.45) is 0 Å². The van der Waals surface area contributed by atoms with Gasteiger partial charge in [-0.05, 0) is 62.4 Å². The van der Waals surface area contributed by atoms with Crippen LogP contribution in [0.2, 0.25) is 5.02 Å². The van der Waals surface area contributed by atoms with Crippen LogP contribution in [-0.2, 0) is 9.59 Å². The van der Waals surface area contributed by atoms with Gasteiger partial charge in [0.2, 0.25) is 0 Å². The summed E-state index contributed by atoms with van der Waals surface area (Å²) < 4.78 is 7.46. The highest BCUT2D eigenvalue weighted by Crippen LogP contribution is 2.36. The largest absolute Gasteiger partial charge is 0.466 e. The predicted molar refractivity (Wildman–Crippen MR) is 106 cm³/mol. The quantitative estimate of drug-likeness (QED) is 0.663. The van der Waals surface area contributed by atoms with Gasteiger partial charge < -0.3 is 15.4 Å². The van der Waals surface area contributed by atoms with E-state index in [0.717, 1.165) is 11.4 Å². The van der Waals surface area contributed by atoms with Crippen molar-refractivity contribution < 1.29 is 14.3 Å². The molecule has 7 nitrogen and oxygen atoms in total. The van der Waals surface area contributed by atoms with E-state index in [4.69, 9.17) is 16.3 Å². The lowest BCUT2D eigenvalue weighted by Crippen LogP contribution is -2.56. The summed E-state index contributed by atoms with van der Waals surface area (Å²) in [4.78, 5) is 25.3. The first-order chi connectivity index (χ1) is 13.3. The Morgan fingerprint density at radius 3 is 2.64 bits per heavy atom. The third-order valence-electron chi connectivity index (χ3n) is 4.48. The van der Waals surface area contributed by atoms with Crippen LogP contribution in [0.5, 0.6) is 5.75 Å². The zero-order valence-corrected chi connectivity index (χ0v) is 15.9. The molecule has 2 amide bonds. The monoisotopic (exact) mass is 396 g/mol. The van der Waals surface area contributed by atoms with E-state index in [0.29, 0.717) is 22.1 Å². The molecule has 1 atom stereocenters. The van der Waals surface area contributed by atoms with Crippen LogP contribution in [-0.4, -0.2) is 27.2 Å². The van der Waals surface area contributed by atoms with Gasteiger partial charge in [0.25, 0.3) is 17.4 Å². The Kier molecular flexibility index (Phi) is 4.31. The van der Waals surface area contributed by atoms with Crippen LogP contribution in [0.15, 0.2) is 54.7 Å². The molecule has 2 heterocycles. The normalized spacial score (nSPS) is 18.0. The van der Waals surface area contributed by atoms with Gasteiger partial charge >= 0.3 is 0 Å². The molecular weight excluding hydrogens is 380 g/mol. The van der Waals surface area contributed by atoms with Gasteiger partial charge in [-0.25, -0.2) is 4.68 Å². The third-order valence-corrected chi connectivity index (χ3v) is 4.72. The Hall–Kier alpha value is -3.32. The summed E-state index contributed by atoms with van der Waals surface area (Å²) in [5.41, 5.74) is 1.03. The summed E-state index contributed by atoms with van der Waals surface area (Å²) in [6.45, 7) is 3.34. The number of carbonyl (C=O) groups is 2. The van der Waals surface area contributed by atoms with Crippen molar-refractivity contribution in [1.29, 1.82) is 0 Å². The van der Waals surface area contributed by atoms with Crippen molar-refractivity contribution in [2.75, 3.05) is 10.6 Å². The van der Waals surface area contributed by atoms with Crippen LogP contribution >= 0.6 is 11.6 Å². The molecule has 0 radical (unpaired) electrons. The third kappa shape index (κ3) is 3.20. The van der Waals surface area contributed by atoms with Crippen molar-refractivity contribution in [3.8, 4) is 11.4 Å². The number of rotatable bonds is 3. The van der Waals surface area contributed by atoms with Crippen molar-refractivity contribution in [2.45, 2.75) is 19.4 Å². The second-order valence-corrected chi connectivity index (χ2v) is 7.07. The number of aromatic nitrogens is 2. The van der Waals surface area contributed by atoms with E-state index in [1.54, 1.807) is 35.0 Å². The molecule has 0 fully saturated rings. The summed E-state index contributed by atoms with van der Waals surface area (Å²) in [6.07, 6.45) is 1.86. The van der Waals surface area contributed by atoms with Gasteiger partial charge in [-0.3, -0.25) is 9.59 Å². The number of fused-ring (bicyclic) bond motifs is 1. The highest BCUT2D eigenvalue weighted by Gasteiger charge is 2.47. The van der Waals surface area contributed by atoms with Gasteiger partial charge in [0.1, 0.15) is 5.75 Å². The highest BCUT2D eigenvalue weighted by atomic mass is 35.5. The molecule has 1 aliphatic rings. The maximum absolute atomic E-state index is 12.8. The number of carbonyl (C=O) groups excluding carboxylic acids is 2. The average molecular weight is 397 g/mol. The number of benzene rings is 2. The first-order valence-electron chi connectivity index (χ1n) is 8.59. The summed E-state index contributed by atoms with van der Waals surface area (Å²) in [7, 11) is 0. The SMILES string of the molecule is Cc1ccn(-c2ccc(NC(=O)C3(C)Oc4ccc(Cl)cc4NC3=O)cc2)n1. The number of hydrogen-bond donors (Lipinski definition) is 2. The molecule has 2 aromatic carbocycles. The maximum atomic E-state index is 12.8. The van der Waals surface area contributed by atoms with Gasteiger partial charge in [0.05, 0.1) is 17.1 Å². The van der Waals surface area contributed by atoms with Crippen LogP contribution in [0.25, 0.3) is 5.69 Å². The molecule has 2 N–H and O–H groups in total. The number of hydrogen-bond acceptors (Lipinski definition) is 4. The number of ether oxygens (including phenoxy) is 1. The number of halogens is 1. The summed E-state index contributed by atoms with van der Waals surface area (Å²) in [5, 5.41) is 10.2. The van der Waals surface area contributed by atoms with Crippen LogP contribution in [0, 0.1) is 6.92 Å². The first-order valence-corrected chi connectivity index (χ1v) is 8.97. The number of nitrogens with one attached hydrogen (secondary N) is 2. The number of aryl methyl sites for hydroxylation is 1. The topological polar surface area (TPSA) is 85.3 Å². The van der Waals surface area contributed by atoms with Crippen molar-refractivity contribution in [3.63, 3.8) is 0 Å². The second-order valence-electron chi connectivity index (χ2n) is 6.63. The molecule has 3 aromatic rings. The van der Waals surface area contributed by atoms with Crippen LogP contribution < -0.4 is 15.4 Å². The van der Waals surface area contributed by atoms with Crippen molar-refractivity contribution >= 4 is 34.8 Å². The summed E-state index contributed by atoms with van der Waals surface area (Å²) >= 11 is 5.93. The molecule has 28 heavy (non-hydrogen) atoms. The smallest absolute Gasteiger partial charge is 0.278 e. The van der Waals surface area contributed by atoms with Crippen LogP contribution in [0.4, 0.5) is 11.4 Å². The fraction of sp³-hybridized carbons (Fsp3) is 0.150. The zero-order chi connectivity index (χ0) is 19.9. The standard InChI is InChI=1S/C20H17ClN4O3/c1-12-9-10-25(24-12)15-6-4-14(5-7-15)22-18(26)20(2)19(27)23-16-11-13(21)3-8-17(16)28-20/h3-11H,1-2H3,(H,22,26)(H,23,27). The molecule has 0 saturated carbocycles. The lowest BCUT2D eigenvalue weighted by molar-refractivity contribution is -0.143. The lowest BCUT2D eigenvalue weighted by atomic mass is 10.0. The van der Waals surface area contributed by atoms with E-state index in [1.807, 2.05) is 31.3 Å². The van der Waals surface area contributed by atoms with Gasteiger partial charge in [0.15, 0.2) is 0 Å². The highest BCUT2D eigenvalue weighted by molar-refractivity contribution is 6.31. The fourth-order valence-corrected chi connectivity index (χ4v) is 3.03. The van der Waals surface area contributed by atoms with Gasteiger partial charge in [-0.1, -0.05) is 11.6 Å². The molecule has 1 aromatic heterocycles. The Morgan fingerprint density at radius 2 is 1.96 bits per heavy atom. The van der Waals surface area contributed by atoms with E-state index in [1.165, 1.54) is 6.92 Å². The molecule has 0 spiro atoms. The lowest BCUT2D eigenvalue weighted by Gasteiger charge is -2.33. The Morgan fingerprint density at radius 1 is 1.21 bits per heavy atom. The minimum atomic E-state index is -1.71. The first kappa shape index (κ1) is 18.1. The minimum absolute atomic E-state index is 0.381. The molecule has 0 aliphatic carbocycles. The van der Waals surface area contributed by atoms with Gasteiger partial charge in [0, 0.05) is 16.9 Å². The minimum Gasteiger partial charge on any atom is -0.466 e. The van der Waals surface area contributed by atoms with Gasteiger partial charge in [-0.2, -0.15) is 5.10 Å². The second kappa shape index (κ2) is 6.69. The molecular formula is C20H17ClN4O3. The molecule has 8 heteroatoms.